The van der Waals surface area contributed by atoms with Crippen molar-refractivity contribution in [1.29, 1.82) is 0 Å². The van der Waals surface area contributed by atoms with E-state index in [2.05, 4.69) is 16.4 Å². The summed E-state index contributed by atoms with van der Waals surface area (Å²) < 4.78 is 5.27. The smallest absolute Gasteiger partial charge is 0.410 e. The molecule has 1 amide bonds. The molecule has 1 aromatic carbocycles. The number of rotatable bonds is 4. The molecule has 0 fully saturated rings. The van der Waals surface area contributed by atoms with Crippen LogP contribution in [0.25, 0.3) is 0 Å². The van der Waals surface area contributed by atoms with Crippen molar-refractivity contribution in [2.45, 2.75) is 40.2 Å². The number of hydrogen-bond donors (Lipinski definition) is 2. The van der Waals surface area contributed by atoms with Crippen LogP contribution in [0.2, 0.25) is 0 Å². The fourth-order valence-electron chi connectivity index (χ4n) is 1.99. The standard InChI is InChI=1S/C17H28N4O2.HI/c1-12-9-13(2)11-14(10-12)20-15(18)19-7-8-21(6)16(22)23-17(3,4)5;/h9-11H,7-8H2,1-6H3,(H3,18,19,20);1H. The van der Waals surface area contributed by atoms with Gasteiger partial charge in [0.25, 0.3) is 0 Å². The quantitative estimate of drug-likeness (QED) is 0.420. The first kappa shape index (κ1) is 22.5. The van der Waals surface area contributed by atoms with E-state index in [4.69, 9.17) is 10.5 Å². The van der Waals surface area contributed by atoms with Gasteiger partial charge >= 0.3 is 6.09 Å². The summed E-state index contributed by atoms with van der Waals surface area (Å²) in [5.74, 6) is 0.326. The Morgan fingerprint density at radius 3 is 2.29 bits per heavy atom. The Balaban J connectivity index is 0.00000529. The predicted octanol–water partition coefficient (Wildman–Crippen LogP) is 3.51. The molecule has 0 saturated carbocycles. The van der Waals surface area contributed by atoms with Gasteiger partial charge in [-0.15, -0.1) is 24.0 Å². The molecular formula is C17H29IN4O2. The summed E-state index contributed by atoms with van der Waals surface area (Å²) in [6.07, 6.45) is -0.367. The number of benzene rings is 1. The fourth-order valence-corrected chi connectivity index (χ4v) is 1.99. The number of nitrogens with zero attached hydrogens (tertiary/aromatic N) is 2. The molecule has 136 valence electrons. The normalized spacial score (nSPS) is 11.5. The lowest BCUT2D eigenvalue weighted by atomic mass is 10.1. The molecule has 0 atom stereocenters. The Hall–Kier alpha value is -1.51. The van der Waals surface area contributed by atoms with E-state index in [1.807, 2.05) is 46.8 Å². The van der Waals surface area contributed by atoms with E-state index in [0.717, 1.165) is 16.8 Å². The fraction of sp³-hybridized carbons (Fsp3) is 0.529. The van der Waals surface area contributed by atoms with E-state index in [0.29, 0.717) is 19.0 Å². The molecule has 0 aliphatic heterocycles. The molecular weight excluding hydrogens is 419 g/mol. The maximum atomic E-state index is 11.8. The zero-order valence-corrected chi connectivity index (χ0v) is 17.7. The molecule has 0 unspecified atom stereocenters. The van der Waals surface area contributed by atoms with Crippen molar-refractivity contribution in [2.75, 3.05) is 25.5 Å². The third-order valence-corrected chi connectivity index (χ3v) is 2.92. The lowest BCUT2D eigenvalue weighted by molar-refractivity contribution is 0.0304. The zero-order chi connectivity index (χ0) is 17.6. The van der Waals surface area contributed by atoms with Crippen molar-refractivity contribution in [3.63, 3.8) is 0 Å². The molecule has 0 heterocycles. The minimum atomic E-state index is -0.502. The van der Waals surface area contributed by atoms with E-state index in [-0.39, 0.29) is 30.1 Å². The van der Waals surface area contributed by atoms with Crippen LogP contribution in [0.4, 0.5) is 10.5 Å². The molecule has 0 aliphatic carbocycles. The van der Waals surface area contributed by atoms with Gasteiger partial charge in [-0.2, -0.15) is 0 Å². The summed E-state index contributed by atoms with van der Waals surface area (Å²) >= 11 is 0. The Kier molecular flexibility index (Phi) is 9.09. The van der Waals surface area contributed by atoms with E-state index >= 15 is 0 Å². The zero-order valence-electron chi connectivity index (χ0n) is 15.3. The first-order valence-electron chi connectivity index (χ1n) is 7.66. The molecule has 0 radical (unpaired) electrons. The number of aliphatic imine (C=N–C) groups is 1. The first-order valence-corrected chi connectivity index (χ1v) is 7.66. The monoisotopic (exact) mass is 448 g/mol. The summed E-state index contributed by atoms with van der Waals surface area (Å²) in [6, 6.07) is 6.10. The molecule has 1 rings (SSSR count). The molecule has 0 aliphatic rings. The number of aryl methyl sites for hydroxylation is 2. The molecule has 7 heteroatoms. The second-order valence-electron chi connectivity index (χ2n) is 6.67. The second-order valence-corrected chi connectivity index (χ2v) is 6.67. The van der Waals surface area contributed by atoms with Crippen molar-refractivity contribution in [1.82, 2.24) is 4.90 Å². The number of amides is 1. The van der Waals surface area contributed by atoms with Gasteiger partial charge in [-0.25, -0.2) is 4.79 Å². The molecule has 0 spiro atoms. The number of likely N-dealkylation sites (N-methyl/N-ethyl adjacent to an activating group) is 1. The highest BCUT2D eigenvalue weighted by molar-refractivity contribution is 14.0. The number of halogens is 1. The van der Waals surface area contributed by atoms with Gasteiger partial charge < -0.3 is 20.7 Å². The Labute approximate surface area is 161 Å². The largest absolute Gasteiger partial charge is 0.444 e. The minimum Gasteiger partial charge on any atom is -0.444 e. The third-order valence-electron chi connectivity index (χ3n) is 2.92. The van der Waals surface area contributed by atoms with Gasteiger partial charge in [0, 0.05) is 19.3 Å². The highest BCUT2D eigenvalue weighted by atomic mass is 127. The average molecular weight is 448 g/mol. The third kappa shape index (κ3) is 8.95. The maximum Gasteiger partial charge on any atom is 0.410 e. The lowest BCUT2D eigenvalue weighted by Gasteiger charge is -2.24. The van der Waals surface area contributed by atoms with Gasteiger partial charge in [0.05, 0.1) is 6.54 Å². The van der Waals surface area contributed by atoms with Crippen molar-refractivity contribution in [3.8, 4) is 0 Å². The molecule has 3 N–H and O–H groups in total. The number of carbonyl (C=O) groups excluding carboxylic acids is 1. The number of guanidine groups is 1. The number of ether oxygens (including phenoxy) is 1. The topological polar surface area (TPSA) is 80.0 Å². The molecule has 24 heavy (non-hydrogen) atoms. The molecule has 6 nitrogen and oxygen atoms in total. The molecule has 0 bridgehead atoms. The molecule has 0 aromatic heterocycles. The van der Waals surface area contributed by atoms with Gasteiger partial charge in [0.15, 0.2) is 5.96 Å². The maximum absolute atomic E-state index is 11.8. The van der Waals surface area contributed by atoms with Crippen LogP contribution in [0.5, 0.6) is 0 Å². The summed E-state index contributed by atoms with van der Waals surface area (Å²) in [5, 5.41) is 3.06. The SMILES string of the molecule is Cc1cc(C)cc(NC(N)=NCCN(C)C(=O)OC(C)(C)C)c1.I. The van der Waals surface area contributed by atoms with Crippen LogP contribution in [0.15, 0.2) is 23.2 Å². The lowest BCUT2D eigenvalue weighted by Crippen LogP contribution is -2.36. The number of anilines is 1. The van der Waals surface area contributed by atoms with Crippen LogP contribution < -0.4 is 11.1 Å². The van der Waals surface area contributed by atoms with Crippen LogP contribution in [0, 0.1) is 13.8 Å². The van der Waals surface area contributed by atoms with Crippen molar-refractivity contribution >= 4 is 41.7 Å². The Bertz CT molecular complexity index is 562. The predicted molar refractivity (Wildman–Crippen MR) is 110 cm³/mol. The number of carbonyl (C=O) groups is 1. The number of nitrogens with two attached hydrogens (primary N) is 1. The van der Waals surface area contributed by atoms with Crippen molar-refractivity contribution in [3.05, 3.63) is 29.3 Å². The Morgan fingerprint density at radius 1 is 1.25 bits per heavy atom. The Morgan fingerprint density at radius 2 is 1.79 bits per heavy atom. The van der Waals surface area contributed by atoms with Crippen LogP contribution in [0.3, 0.4) is 0 Å². The van der Waals surface area contributed by atoms with Gasteiger partial charge in [0.2, 0.25) is 0 Å². The van der Waals surface area contributed by atoms with Gasteiger partial charge in [-0.1, -0.05) is 6.07 Å². The highest BCUT2D eigenvalue weighted by Gasteiger charge is 2.19. The summed E-state index contributed by atoms with van der Waals surface area (Å²) in [4.78, 5) is 17.5. The highest BCUT2D eigenvalue weighted by Crippen LogP contribution is 2.13. The van der Waals surface area contributed by atoms with Crippen molar-refractivity contribution < 1.29 is 9.53 Å². The van der Waals surface area contributed by atoms with Crippen molar-refractivity contribution in [2.24, 2.45) is 10.7 Å². The second kappa shape index (κ2) is 9.71. The van der Waals surface area contributed by atoms with Crippen LogP contribution in [-0.4, -0.2) is 42.7 Å². The van der Waals surface area contributed by atoms with E-state index < -0.39 is 5.60 Å². The van der Waals surface area contributed by atoms with Crippen LogP contribution >= 0.6 is 24.0 Å². The van der Waals surface area contributed by atoms with Gasteiger partial charge in [0.1, 0.15) is 5.60 Å². The molecule has 0 saturated heterocycles. The van der Waals surface area contributed by atoms with Gasteiger partial charge in [-0.05, 0) is 57.9 Å². The minimum absolute atomic E-state index is 0. The number of hydrogen-bond acceptors (Lipinski definition) is 3. The van der Waals surface area contributed by atoms with Crippen LogP contribution in [-0.2, 0) is 4.74 Å². The van der Waals surface area contributed by atoms with E-state index in [1.54, 1.807) is 7.05 Å². The summed E-state index contributed by atoms with van der Waals surface area (Å²) in [5.41, 5.74) is 8.59. The summed E-state index contributed by atoms with van der Waals surface area (Å²) in [7, 11) is 1.68. The van der Waals surface area contributed by atoms with Crippen LogP contribution in [0.1, 0.15) is 31.9 Å². The summed E-state index contributed by atoms with van der Waals surface area (Å²) in [6.45, 7) is 10.4. The molecule has 1 aromatic rings. The average Bonchev–Trinajstić information content (AvgIpc) is 2.34. The first-order chi connectivity index (χ1) is 10.6. The van der Waals surface area contributed by atoms with Gasteiger partial charge in [-0.3, -0.25) is 4.99 Å². The number of nitrogens with one attached hydrogen (secondary N) is 1. The van der Waals surface area contributed by atoms with E-state index in [9.17, 15) is 4.79 Å². The van der Waals surface area contributed by atoms with E-state index in [1.165, 1.54) is 4.90 Å².